The Balaban J connectivity index is 2.50. The minimum Gasteiger partial charge on any atom is -0.349 e. The van der Waals surface area contributed by atoms with Crippen molar-refractivity contribution in [2.24, 2.45) is 7.05 Å². The first-order chi connectivity index (χ1) is 7.47. The van der Waals surface area contributed by atoms with Gasteiger partial charge in [0.05, 0.1) is 17.8 Å². The van der Waals surface area contributed by atoms with E-state index in [1.165, 1.54) is 0 Å². The van der Waals surface area contributed by atoms with Crippen LogP contribution in [0.2, 0.25) is 0 Å². The highest BCUT2D eigenvalue weighted by Crippen LogP contribution is 2.03. The third-order valence-corrected chi connectivity index (χ3v) is 2.54. The van der Waals surface area contributed by atoms with Crippen LogP contribution in [-0.2, 0) is 18.4 Å². The Kier molecular flexibility index (Phi) is 4.06. The molecule has 0 spiro atoms. The van der Waals surface area contributed by atoms with E-state index in [1.54, 1.807) is 10.9 Å². The fourth-order valence-corrected chi connectivity index (χ4v) is 1.49. The molecule has 0 bridgehead atoms. The van der Waals surface area contributed by atoms with Crippen LogP contribution in [0.25, 0.3) is 0 Å². The standard InChI is InChI=1S/C11H20N4O/c1-5-13-11(2,3)10(16)12-8-9-6-7-14-15(9)4/h6-7,13H,5,8H2,1-4H3,(H,12,16). The Morgan fingerprint density at radius 3 is 2.75 bits per heavy atom. The van der Waals surface area contributed by atoms with Crippen molar-refractivity contribution in [2.75, 3.05) is 6.54 Å². The molecule has 0 radical (unpaired) electrons. The minimum atomic E-state index is -0.534. The Bertz CT molecular complexity index is 357. The van der Waals surface area contributed by atoms with Gasteiger partial charge in [0.25, 0.3) is 0 Å². The molecule has 0 aliphatic rings. The molecule has 5 heteroatoms. The number of carbonyl (C=O) groups is 1. The number of amides is 1. The van der Waals surface area contributed by atoms with E-state index in [2.05, 4.69) is 15.7 Å². The van der Waals surface area contributed by atoms with Crippen molar-refractivity contribution in [3.05, 3.63) is 18.0 Å². The number of nitrogens with one attached hydrogen (secondary N) is 2. The Labute approximate surface area is 96.2 Å². The van der Waals surface area contributed by atoms with Crippen molar-refractivity contribution in [3.63, 3.8) is 0 Å². The number of hydrogen-bond acceptors (Lipinski definition) is 3. The van der Waals surface area contributed by atoms with Gasteiger partial charge in [-0.15, -0.1) is 0 Å². The number of aryl methyl sites for hydroxylation is 1. The summed E-state index contributed by atoms with van der Waals surface area (Å²) >= 11 is 0. The normalized spacial score (nSPS) is 11.5. The molecule has 1 aromatic rings. The molecule has 1 rings (SSSR count). The van der Waals surface area contributed by atoms with Crippen LogP contribution in [0.1, 0.15) is 26.5 Å². The summed E-state index contributed by atoms with van der Waals surface area (Å²) in [5.41, 5.74) is 0.452. The second-order valence-electron chi connectivity index (χ2n) is 4.28. The van der Waals surface area contributed by atoms with E-state index in [9.17, 15) is 4.79 Å². The number of carbonyl (C=O) groups excluding carboxylic acids is 1. The highest BCUT2D eigenvalue weighted by atomic mass is 16.2. The molecule has 90 valence electrons. The van der Waals surface area contributed by atoms with Gasteiger partial charge in [0.2, 0.25) is 5.91 Å². The third kappa shape index (κ3) is 3.06. The van der Waals surface area contributed by atoms with Crippen LogP contribution in [0.5, 0.6) is 0 Å². The first-order valence-corrected chi connectivity index (χ1v) is 5.47. The first kappa shape index (κ1) is 12.7. The SMILES string of the molecule is CCNC(C)(C)C(=O)NCc1ccnn1C. The highest BCUT2D eigenvalue weighted by molar-refractivity contribution is 5.85. The maximum Gasteiger partial charge on any atom is 0.240 e. The molecule has 0 fully saturated rings. The summed E-state index contributed by atoms with van der Waals surface area (Å²) in [7, 11) is 1.86. The molecule has 0 atom stereocenters. The van der Waals surface area contributed by atoms with Crippen LogP contribution < -0.4 is 10.6 Å². The molecule has 1 amide bonds. The molecule has 0 unspecified atom stereocenters. The molecule has 0 saturated heterocycles. The van der Waals surface area contributed by atoms with Crippen LogP contribution in [0.15, 0.2) is 12.3 Å². The lowest BCUT2D eigenvalue weighted by Gasteiger charge is -2.24. The lowest BCUT2D eigenvalue weighted by molar-refractivity contribution is -0.126. The molecule has 2 N–H and O–H groups in total. The number of nitrogens with zero attached hydrogens (tertiary/aromatic N) is 2. The first-order valence-electron chi connectivity index (χ1n) is 5.47. The number of aromatic nitrogens is 2. The molecule has 1 heterocycles. The second-order valence-corrected chi connectivity index (χ2v) is 4.28. The fourth-order valence-electron chi connectivity index (χ4n) is 1.49. The third-order valence-electron chi connectivity index (χ3n) is 2.54. The van der Waals surface area contributed by atoms with E-state index in [1.807, 2.05) is 33.9 Å². The number of rotatable bonds is 5. The molecule has 0 saturated carbocycles. The van der Waals surface area contributed by atoms with Crippen molar-refractivity contribution in [2.45, 2.75) is 32.9 Å². The zero-order valence-corrected chi connectivity index (χ0v) is 10.4. The average Bonchev–Trinajstić information content (AvgIpc) is 2.60. The fraction of sp³-hybridized carbons (Fsp3) is 0.636. The summed E-state index contributed by atoms with van der Waals surface area (Å²) in [6.07, 6.45) is 1.72. The maximum atomic E-state index is 11.9. The van der Waals surface area contributed by atoms with Crippen LogP contribution in [0.3, 0.4) is 0 Å². The lowest BCUT2D eigenvalue weighted by Crippen LogP contribution is -2.52. The zero-order chi connectivity index (χ0) is 12.2. The molecule has 0 aromatic carbocycles. The van der Waals surface area contributed by atoms with Gasteiger partial charge >= 0.3 is 0 Å². The van der Waals surface area contributed by atoms with Gasteiger partial charge in [-0.3, -0.25) is 9.48 Å². The Morgan fingerprint density at radius 2 is 2.25 bits per heavy atom. The number of likely N-dealkylation sites (N-methyl/N-ethyl adjacent to an activating group) is 1. The van der Waals surface area contributed by atoms with Gasteiger partial charge < -0.3 is 10.6 Å². The van der Waals surface area contributed by atoms with Crippen molar-refractivity contribution in [1.29, 1.82) is 0 Å². The quantitative estimate of drug-likeness (QED) is 0.762. The minimum absolute atomic E-state index is 0.00412. The predicted molar refractivity (Wildman–Crippen MR) is 62.8 cm³/mol. The molecule has 16 heavy (non-hydrogen) atoms. The van der Waals surface area contributed by atoms with Gasteiger partial charge in [-0.2, -0.15) is 5.10 Å². The van der Waals surface area contributed by atoms with Gasteiger partial charge in [-0.25, -0.2) is 0 Å². The number of hydrogen-bond donors (Lipinski definition) is 2. The van der Waals surface area contributed by atoms with Gasteiger partial charge in [0, 0.05) is 13.2 Å². The Hall–Kier alpha value is -1.36. The van der Waals surface area contributed by atoms with E-state index in [0.29, 0.717) is 6.54 Å². The van der Waals surface area contributed by atoms with E-state index in [0.717, 1.165) is 12.2 Å². The summed E-state index contributed by atoms with van der Waals surface area (Å²) in [6, 6.07) is 1.89. The van der Waals surface area contributed by atoms with Crippen molar-refractivity contribution < 1.29 is 4.79 Å². The predicted octanol–water partition coefficient (Wildman–Crippen LogP) is 0.424. The van der Waals surface area contributed by atoms with Gasteiger partial charge in [-0.05, 0) is 26.5 Å². The molecule has 0 aliphatic heterocycles. The molecular weight excluding hydrogens is 204 g/mol. The molecule has 1 aromatic heterocycles. The van der Waals surface area contributed by atoms with Crippen LogP contribution in [-0.4, -0.2) is 27.8 Å². The maximum absolute atomic E-state index is 11.9. The van der Waals surface area contributed by atoms with Gasteiger partial charge in [0.1, 0.15) is 0 Å². The van der Waals surface area contributed by atoms with Crippen molar-refractivity contribution in [3.8, 4) is 0 Å². The molecular formula is C11H20N4O. The van der Waals surface area contributed by atoms with Crippen molar-refractivity contribution >= 4 is 5.91 Å². The smallest absolute Gasteiger partial charge is 0.240 e. The second kappa shape index (κ2) is 5.12. The van der Waals surface area contributed by atoms with E-state index >= 15 is 0 Å². The van der Waals surface area contributed by atoms with Crippen molar-refractivity contribution in [1.82, 2.24) is 20.4 Å². The average molecular weight is 224 g/mol. The van der Waals surface area contributed by atoms with Crippen LogP contribution in [0, 0.1) is 0 Å². The van der Waals surface area contributed by atoms with Crippen LogP contribution in [0.4, 0.5) is 0 Å². The molecule has 5 nitrogen and oxygen atoms in total. The summed E-state index contributed by atoms with van der Waals surface area (Å²) in [5.74, 6) is -0.00412. The van der Waals surface area contributed by atoms with E-state index in [4.69, 9.17) is 0 Å². The lowest BCUT2D eigenvalue weighted by atomic mass is 10.0. The largest absolute Gasteiger partial charge is 0.349 e. The summed E-state index contributed by atoms with van der Waals surface area (Å²) < 4.78 is 1.75. The van der Waals surface area contributed by atoms with Gasteiger partial charge in [-0.1, -0.05) is 6.92 Å². The summed E-state index contributed by atoms with van der Waals surface area (Å²) in [6.45, 7) is 7.00. The monoisotopic (exact) mass is 224 g/mol. The topological polar surface area (TPSA) is 59.0 Å². The Morgan fingerprint density at radius 1 is 1.56 bits per heavy atom. The molecule has 0 aliphatic carbocycles. The summed E-state index contributed by atoms with van der Waals surface area (Å²) in [5, 5.41) is 10.1. The zero-order valence-electron chi connectivity index (χ0n) is 10.4. The highest BCUT2D eigenvalue weighted by Gasteiger charge is 2.25. The van der Waals surface area contributed by atoms with Gasteiger partial charge in [0.15, 0.2) is 0 Å². The van der Waals surface area contributed by atoms with Crippen LogP contribution >= 0.6 is 0 Å². The van der Waals surface area contributed by atoms with E-state index in [-0.39, 0.29) is 5.91 Å². The van der Waals surface area contributed by atoms with E-state index < -0.39 is 5.54 Å². The summed E-state index contributed by atoms with van der Waals surface area (Å²) in [4.78, 5) is 11.9.